The number of nitrogens with one attached hydrogen (secondary N) is 1. The molecule has 1 N–H and O–H groups in total. The molecule has 1 aromatic heterocycles. The van der Waals surface area contributed by atoms with Gasteiger partial charge in [0.25, 0.3) is 5.91 Å². The van der Waals surface area contributed by atoms with Gasteiger partial charge in [0.2, 0.25) is 5.95 Å². The smallest absolute Gasteiger partial charge is 0.387 e. The number of nitrogens with zero attached hydrogens (tertiary/aromatic N) is 1. The average Bonchev–Trinajstić information content (AvgIpc) is 2.38. The maximum Gasteiger partial charge on any atom is 0.387 e. The fraction of sp³-hybridized carbons (Fsp3) is 0.0769. The van der Waals surface area contributed by atoms with Gasteiger partial charge in [0.15, 0.2) is 0 Å². The minimum atomic E-state index is -2.95. The second-order valence-corrected chi connectivity index (χ2v) is 3.73. The normalized spacial score (nSPS) is 10.4. The molecule has 0 saturated heterocycles. The van der Waals surface area contributed by atoms with Crippen LogP contribution in [0.2, 0.25) is 0 Å². The van der Waals surface area contributed by atoms with Crippen LogP contribution in [0, 0.1) is 5.95 Å². The molecule has 7 heteroatoms. The Morgan fingerprint density at radius 3 is 2.75 bits per heavy atom. The molecule has 0 fully saturated rings. The maximum atomic E-state index is 12.9. The number of amides is 1. The second-order valence-electron chi connectivity index (χ2n) is 3.73. The Morgan fingerprint density at radius 2 is 2.05 bits per heavy atom. The first-order valence-electron chi connectivity index (χ1n) is 5.52. The summed E-state index contributed by atoms with van der Waals surface area (Å²) in [6, 6.07) is 7.80. The molecule has 104 valence electrons. The van der Waals surface area contributed by atoms with Gasteiger partial charge < -0.3 is 10.1 Å². The van der Waals surface area contributed by atoms with Gasteiger partial charge in [-0.3, -0.25) is 4.79 Å². The van der Waals surface area contributed by atoms with E-state index in [0.717, 1.165) is 12.3 Å². The van der Waals surface area contributed by atoms with Gasteiger partial charge in [-0.1, -0.05) is 6.07 Å². The predicted molar refractivity (Wildman–Crippen MR) is 65.2 cm³/mol. The number of carbonyl (C=O) groups is 1. The van der Waals surface area contributed by atoms with Crippen LogP contribution in [0.3, 0.4) is 0 Å². The van der Waals surface area contributed by atoms with Crippen molar-refractivity contribution in [1.82, 2.24) is 4.98 Å². The first-order valence-corrected chi connectivity index (χ1v) is 5.52. The molecule has 1 amide bonds. The van der Waals surface area contributed by atoms with Crippen LogP contribution in [-0.4, -0.2) is 17.5 Å². The molecule has 0 aliphatic carbocycles. The van der Waals surface area contributed by atoms with Crippen molar-refractivity contribution in [3.8, 4) is 5.75 Å². The van der Waals surface area contributed by atoms with Crippen LogP contribution in [0.25, 0.3) is 0 Å². The van der Waals surface area contributed by atoms with E-state index in [2.05, 4.69) is 15.0 Å². The lowest BCUT2D eigenvalue weighted by Crippen LogP contribution is -2.12. The molecule has 0 radical (unpaired) electrons. The molecule has 20 heavy (non-hydrogen) atoms. The van der Waals surface area contributed by atoms with Gasteiger partial charge in [-0.15, -0.1) is 0 Å². The molecule has 2 aromatic rings. The minimum Gasteiger partial charge on any atom is -0.435 e. The molecule has 0 spiro atoms. The van der Waals surface area contributed by atoms with E-state index in [9.17, 15) is 18.0 Å². The molecule has 0 unspecified atom stereocenters. The van der Waals surface area contributed by atoms with Crippen LogP contribution < -0.4 is 10.1 Å². The highest BCUT2D eigenvalue weighted by molar-refractivity contribution is 6.04. The van der Waals surface area contributed by atoms with Crippen LogP contribution in [0.4, 0.5) is 18.9 Å². The number of pyridine rings is 1. The number of alkyl halides is 2. The van der Waals surface area contributed by atoms with E-state index in [1.54, 1.807) is 0 Å². The molecule has 1 heterocycles. The zero-order valence-corrected chi connectivity index (χ0v) is 10.0. The number of benzene rings is 1. The van der Waals surface area contributed by atoms with Crippen molar-refractivity contribution in [3.63, 3.8) is 0 Å². The fourth-order valence-corrected chi connectivity index (χ4v) is 1.50. The SMILES string of the molecule is O=C(Nc1cccc(OC(F)F)c1)c1ccnc(F)c1. The Morgan fingerprint density at radius 1 is 1.25 bits per heavy atom. The molecule has 4 nitrogen and oxygen atoms in total. The Labute approximate surface area is 112 Å². The molecule has 0 aliphatic heterocycles. The van der Waals surface area contributed by atoms with E-state index in [0.29, 0.717) is 0 Å². The number of hydrogen-bond acceptors (Lipinski definition) is 3. The number of halogens is 3. The van der Waals surface area contributed by atoms with E-state index in [-0.39, 0.29) is 17.0 Å². The lowest BCUT2D eigenvalue weighted by atomic mass is 10.2. The highest BCUT2D eigenvalue weighted by Crippen LogP contribution is 2.19. The quantitative estimate of drug-likeness (QED) is 0.877. The second kappa shape index (κ2) is 6.05. The van der Waals surface area contributed by atoms with Gasteiger partial charge in [-0.2, -0.15) is 13.2 Å². The topological polar surface area (TPSA) is 51.2 Å². The maximum absolute atomic E-state index is 12.9. The molecule has 2 rings (SSSR count). The highest BCUT2D eigenvalue weighted by Gasteiger charge is 2.09. The van der Waals surface area contributed by atoms with Gasteiger partial charge >= 0.3 is 6.61 Å². The molecular formula is C13H9F3N2O2. The molecule has 0 atom stereocenters. The number of carbonyl (C=O) groups excluding carboxylic acids is 1. The first-order chi connectivity index (χ1) is 9.54. The Kier molecular flexibility index (Phi) is 4.19. The average molecular weight is 282 g/mol. The summed E-state index contributed by atoms with van der Waals surface area (Å²) < 4.78 is 41.2. The standard InChI is InChI=1S/C13H9F3N2O2/c14-11-6-8(4-5-17-11)12(19)18-9-2-1-3-10(7-9)20-13(15)16/h1-7,13H,(H,18,19). The summed E-state index contributed by atoms with van der Waals surface area (Å²) in [5.74, 6) is -1.45. The van der Waals surface area contributed by atoms with Crippen LogP contribution in [0.1, 0.15) is 10.4 Å². The van der Waals surface area contributed by atoms with E-state index in [1.807, 2.05) is 0 Å². The van der Waals surface area contributed by atoms with Gasteiger partial charge in [0.1, 0.15) is 5.75 Å². The minimum absolute atomic E-state index is 0.0673. The van der Waals surface area contributed by atoms with Crippen LogP contribution in [-0.2, 0) is 0 Å². The van der Waals surface area contributed by atoms with Crippen molar-refractivity contribution >= 4 is 11.6 Å². The first kappa shape index (κ1) is 13.9. The highest BCUT2D eigenvalue weighted by atomic mass is 19.3. The third kappa shape index (κ3) is 3.71. The van der Waals surface area contributed by atoms with E-state index in [4.69, 9.17) is 0 Å². The van der Waals surface area contributed by atoms with Gasteiger partial charge in [0, 0.05) is 29.6 Å². The van der Waals surface area contributed by atoms with Crippen molar-refractivity contribution < 1.29 is 22.7 Å². The van der Waals surface area contributed by atoms with Crippen molar-refractivity contribution in [3.05, 3.63) is 54.1 Å². The molecular weight excluding hydrogens is 273 g/mol. The number of aromatic nitrogens is 1. The summed E-state index contributed by atoms with van der Waals surface area (Å²) in [7, 11) is 0. The molecule has 0 bridgehead atoms. The van der Waals surface area contributed by atoms with E-state index in [1.165, 1.54) is 30.3 Å². The van der Waals surface area contributed by atoms with Gasteiger partial charge in [-0.25, -0.2) is 4.98 Å². The van der Waals surface area contributed by atoms with Crippen LogP contribution in [0.15, 0.2) is 42.6 Å². The van der Waals surface area contributed by atoms with Gasteiger partial charge in [0.05, 0.1) is 0 Å². The zero-order valence-electron chi connectivity index (χ0n) is 10.0. The number of ether oxygens (including phenoxy) is 1. The number of hydrogen-bond donors (Lipinski definition) is 1. The summed E-state index contributed by atoms with van der Waals surface area (Å²) in [4.78, 5) is 15.1. The summed E-state index contributed by atoms with van der Waals surface area (Å²) in [5.41, 5.74) is 0.322. The Balaban J connectivity index is 2.11. The third-order valence-corrected chi connectivity index (χ3v) is 2.31. The van der Waals surface area contributed by atoms with Gasteiger partial charge in [-0.05, 0) is 18.2 Å². The Hall–Kier alpha value is -2.57. The Bertz CT molecular complexity index is 620. The molecule has 0 aliphatic rings. The predicted octanol–water partition coefficient (Wildman–Crippen LogP) is 3.07. The van der Waals surface area contributed by atoms with Crippen molar-refractivity contribution in [2.75, 3.05) is 5.32 Å². The van der Waals surface area contributed by atoms with E-state index >= 15 is 0 Å². The lowest BCUT2D eigenvalue weighted by Gasteiger charge is -2.08. The van der Waals surface area contributed by atoms with Crippen molar-refractivity contribution in [1.29, 1.82) is 0 Å². The third-order valence-electron chi connectivity index (χ3n) is 2.31. The largest absolute Gasteiger partial charge is 0.435 e. The van der Waals surface area contributed by atoms with Crippen LogP contribution in [0.5, 0.6) is 5.75 Å². The van der Waals surface area contributed by atoms with Crippen molar-refractivity contribution in [2.24, 2.45) is 0 Å². The number of anilines is 1. The van der Waals surface area contributed by atoms with Crippen LogP contribution >= 0.6 is 0 Å². The van der Waals surface area contributed by atoms with Crippen molar-refractivity contribution in [2.45, 2.75) is 6.61 Å². The lowest BCUT2D eigenvalue weighted by molar-refractivity contribution is -0.0497. The zero-order chi connectivity index (χ0) is 14.5. The fourth-order valence-electron chi connectivity index (χ4n) is 1.50. The molecule has 1 aromatic carbocycles. The van der Waals surface area contributed by atoms with E-state index < -0.39 is 18.5 Å². The summed E-state index contributed by atoms with van der Waals surface area (Å²) >= 11 is 0. The molecule has 0 saturated carbocycles. The summed E-state index contributed by atoms with van der Waals surface area (Å²) in [5, 5.41) is 2.44. The summed E-state index contributed by atoms with van der Waals surface area (Å²) in [6.07, 6.45) is 1.15. The summed E-state index contributed by atoms with van der Waals surface area (Å²) in [6.45, 7) is -2.95. The monoisotopic (exact) mass is 282 g/mol. The number of rotatable bonds is 4.